The van der Waals surface area contributed by atoms with Crippen LogP contribution >= 0.6 is 21.6 Å². The van der Waals surface area contributed by atoms with Gasteiger partial charge in [-0.2, -0.15) is 0 Å². The second kappa shape index (κ2) is 36.5. The molecule has 3 saturated carbocycles. The zero-order chi connectivity index (χ0) is 77.3. The summed E-state index contributed by atoms with van der Waals surface area (Å²) in [6.07, 6.45) is 0.682. The van der Waals surface area contributed by atoms with Crippen molar-refractivity contribution in [2.45, 2.75) is 168 Å². The van der Waals surface area contributed by atoms with Gasteiger partial charge in [0.1, 0.15) is 70.9 Å². The van der Waals surface area contributed by atoms with E-state index in [1.54, 1.807) is 42.6 Å². The fourth-order valence-corrected chi connectivity index (χ4v) is 15.9. The molecule has 576 valence electrons. The molecular formula is C70H92N18O17S2. The van der Waals surface area contributed by atoms with Gasteiger partial charge in [0.15, 0.2) is 5.96 Å². The number of aromatic amines is 1. The molecule has 4 aromatic rings. The highest BCUT2D eigenvalue weighted by atomic mass is 33.1. The van der Waals surface area contributed by atoms with Crippen molar-refractivity contribution in [3.05, 3.63) is 95.7 Å². The number of phenolic OH excluding ortho intramolecular Hbond substituents is 2. The van der Waals surface area contributed by atoms with Gasteiger partial charge in [0, 0.05) is 105 Å². The molecule has 0 bridgehead atoms. The van der Waals surface area contributed by atoms with Gasteiger partial charge in [-0.15, -0.1) is 0 Å². The predicted octanol–water partition coefficient (Wildman–Crippen LogP) is -2.79. The summed E-state index contributed by atoms with van der Waals surface area (Å²) in [4.78, 5) is 204. The van der Waals surface area contributed by atoms with Crippen molar-refractivity contribution in [1.82, 2.24) is 68.4 Å². The van der Waals surface area contributed by atoms with Crippen LogP contribution in [0.1, 0.15) is 112 Å². The van der Waals surface area contributed by atoms with Crippen LogP contribution in [-0.2, 0) is 80.0 Å². The number of carbonyl (C=O) groups excluding carboxylic acids is 13. The second-order valence-corrected chi connectivity index (χ2v) is 30.1. The van der Waals surface area contributed by atoms with Gasteiger partial charge in [-0.1, -0.05) is 70.5 Å². The minimum Gasteiger partial charge on any atom is -0.508 e. The van der Waals surface area contributed by atoms with Crippen molar-refractivity contribution in [2.75, 3.05) is 37.7 Å². The van der Waals surface area contributed by atoms with Gasteiger partial charge in [-0.25, -0.2) is 0 Å². The van der Waals surface area contributed by atoms with Crippen LogP contribution in [0.15, 0.2) is 79.0 Å². The first kappa shape index (κ1) is 80.4. The van der Waals surface area contributed by atoms with Crippen LogP contribution in [0.5, 0.6) is 11.5 Å². The Morgan fingerprint density at radius 3 is 2.06 bits per heavy atom. The Hall–Kier alpha value is -10.7. The number of carboxylic acid groups (broad SMARTS) is 1. The highest BCUT2D eigenvalue weighted by molar-refractivity contribution is 8.76. The molecule has 5 fully saturated rings. The number of aromatic nitrogens is 1. The quantitative estimate of drug-likeness (QED) is 0.0164. The lowest BCUT2D eigenvalue weighted by molar-refractivity contribution is -0.139. The monoisotopic (exact) mass is 1520 g/mol. The lowest BCUT2D eigenvalue weighted by Gasteiger charge is -2.35. The standard InChI is InChI=1S/C70H92N18O17S2/c71-24-22-55(93)88-27-5-11-52(88)64(102)80-48(28-36-12-16-41(89)17-13-36)61(99)82-51-35-107-106-34-50(58(73)96)81-60(98)47(20-21-56(94)95)79-62(100)49(29-39-33-78-45-9-2-1-8-43(39)45)84-66(104)69(31-40(69)30-53(72)91)86-54(92)23-26-76-59(97)46(10-4-25-77-68(74)75)83-67(105)70(32-44(70)37-14-18-42(90)19-15-37)87-65(103)57(85-63(51)101)38-6-3-7-38/h1-2,8-9,12-19,33,38,40,44,46-52,57,78,89-90H,3-7,10-11,20-32,34-35,71H2,(H2,72,91)(H2,73,96)(H,76,97)(H,79,100)(H,80,102)(H,81,98)(H,82,99)(H,83,105)(H,84,104)(H,85,101)(H,86,92)(H,87,103)(H,94,95)(H4,74,75,77)/t40?,44?,46?,47-,48-,49-,50-,51-,52-,57-,69?,70+/m0/s1. The molecule has 2 saturated heterocycles. The van der Waals surface area contributed by atoms with Crippen LogP contribution in [0.25, 0.3) is 10.9 Å². The van der Waals surface area contributed by atoms with E-state index in [0.717, 1.165) is 21.6 Å². The summed E-state index contributed by atoms with van der Waals surface area (Å²) >= 11 is 0. The van der Waals surface area contributed by atoms with Crippen LogP contribution in [0.2, 0.25) is 0 Å². The Morgan fingerprint density at radius 1 is 0.710 bits per heavy atom. The van der Waals surface area contributed by atoms with Crippen LogP contribution in [0.3, 0.4) is 0 Å². The highest BCUT2D eigenvalue weighted by Crippen LogP contribution is 2.52. The average Bonchev–Trinajstić information content (AvgIpc) is 1.57. The van der Waals surface area contributed by atoms with E-state index in [0.29, 0.717) is 53.3 Å². The van der Waals surface area contributed by atoms with Gasteiger partial charge in [-0.05, 0) is 111 Å². The number of nitrogens with one attached hydrogen (secondary N) is 13. The molecule has 13 amide bonds. The number of hydrogen-bond acceptors (Lipinski definition) is 20. The van der Waals surface area contributed by atoms with Crippen molar-refractivity contribution in [2.24, 2.45) is 34.8 Å². The van der Waals surface area contributed by atoms with Crippen LogP contribution in [0.4, 0.5) is 0 Å². The summed E-state index contributed by atoms with van der Waals surface area (Å²) in [5.74, 6) is -16.4. The van der Waals surface area contributed by atoms with Crippen molar-refractivity contribution in [1.29, 1.82) is 5.41 Å². The Labute approximate surface area is 622 Å². The van der Waals surface area contributed by atoms with Crippen LogP contribution < -0.4 is 81.4 Å². The molecular weight excluding hydrogens is 1430 g/mol. The first-order valence-corrected chi connectivity index (χ1v) is 37.8. The number of para-hydroxylation sites is 1. The molecule has 4 unspecified atom stereocenters. The molecule has 24 N–H and O–H groups in total. The number of phenols is 2. The molecule has 3 aromatic carbocycles. The highest BCUT2D eigenvalue weighted by Gasteiger charge is 2.64. The van der Waals surface area contributed by atoms with E-state index in [2.05, 4.69) is 63.5 Å². The molecule has 12 atom stereocenters. The number of amides is 13. The number of hydrogen-bond donors (Lipinski definition) is 20. The average molecular weight is 1520 g/mol. The molecule has 35 nitrogen and oxygen atoms in total. The zero-order valence-corrected chi connectivity index (χ0v) is 60.2. The maximum absolute atomic E-state index is 15.3. The number of aliphatic carboxylic acids is 1. The number of nitrogens with two attached hydrogens (primary N) is 4. The Morgan fingerprint density at radius 2 is 1.38 bits per heavy atom. The summed E-state index contributed by atoms with van der Waals surface area (Å²) in [5, 5.41) is 68.4. The maximum atomic E-state index is 15.3. The maximum Gasteiger partial charge on any atom is 0.303 e. The third-order valence-electron chi connectivity index (χ3n) is 19.9. The summed E-state index contributed by atoms with van der Waals surface area (Å²) in [7, 11) is 1.74. The Bertz CT molecular complexity index is 4010. The number of guanidine groups is 1. The topological polar surface area (TPSA) is 579 Å². The molecule has 0 radical (unpaired) electrons. The molecule has 1 aromatic heterocycles. The minimum atomic E-state index is -1.89. The number of carbonyl (C=O) groups is 14. The number of H-pyrrole nitrogens is 1. The molecule has 3 heterocycles. The SMILES string of the molecule is N=C(N)NCCCC1NC(=O)[C@]2(CC2c2ccc(O)cc2)NC(=O)[C@H](C2CCC2)NC(=O)[C@@H](NC(=O)[C@H](Cc2ccc(O)cc2)NC(=O)[C@@H]2CCCN2C(=O)CCN)CSSC[C@@H](C(N)=O)NC(=O)[C@H](CCC(=O)O)NC(=O)[C@H](Cc2c[nH]c3ccccc23)NC(=O)C2(CC2CC(N)=O)NC(=O)CCNC1=O. The van der Waals surface area contributed by atoms with E-state index in [-0.39, 0.29) is 106 Å². The Balaban J connectivity index is 1.07. The number of benzene rings is 3. The van der Waals surface area contributed by atoms with Gasteiger partial charge in [0.05, 0.1) is 0 Å². The number of fused-ring (bicyclic) bond motifs is 1. The van der Waals surface area contributed by atoms with Gasteiger partial charge in [0.25, 0.3) is 0 Å². The molecule has 3 aliphatic carbocycles. The normalized spacial score (nSPS) is 26.2. The van der Waals surface area contributed by atoms with Crippen molar-refractivity contribution in [3.8, 4) is 11.5 Å². The first-order valence-electron chi connectivity index (χ1n) is 35.4. The van der Waals surface area contributed by atoms with E-state index in [9.17, 15) is 63.3 Å². The third kappa shape index (κ3) is 21.3. The number of primary amides is 2. The number of aromatic hydroxyl groups is 2. The van der Waals surface area contributed by atoms with Crippen LogP contribution in [-0.4, -0.2) is 211 Å². The summed E-state index contributed by atoms with van der Waals surface area (Å²) in [5.41, 5.74) is 21.1. The summed E-state index contributed by atoms with van der Waals surface area (Å²) < 4.78 is 0. The minimum absolute atomic E-state index is 0.0114. The van der Waals surface area contributed by atoms with E-state index in [4.69, 9.17) is 28.3 Å². The predicted molar refractivity (Wildman–Crippen MR) is 390 cm³/mol. The molecule has 5 aliphatic rings. The summed E-state index contributed by atoms with van der Waals surface area (Å²) in [6.45, 7) is -0.121. The zero-order valence-electron chi connectivity index (χ0n) is 58.5. The summed E-state index contributed by atoms with van der Waals surface area (Å²) in [6, 6.07) is 6.62. The number of likely N-dealkylation sites (tertiary alicyclic amines) is 1. The Kier molecular flexibility index (Phi) is 27.5. The fourth-order valence-electron chi connectivity index (χ4n) is 13.6. The fraction of sp³-hybridized carbons (Fsp3) is 0.500. The third-order valence-corrected chi connectivity index (χ3v) is 22.3. The van der Waals surface area contributed by atoms with Gasteiger partial charge in [0.2, 0.25) is 76.8 Å². The van der Waals surface area contributed by atoms with Gasteiger partial charge >= 0.3 is 5.97 Å². The van der Waals surface area contributed by atoms with Crippen molar-refractivity contribution >= 4 is 121 Å². The molecule has 107 heavy (non-hydrogen) atoms. The van der Waals surface area contributed by atoms with E-state index in [1.165, 1.54) is 41.3 Å². The van der Waals surface area contributed by atoms with E-state index < -0.39 is 186 Å². The van der Waals surface area contributed by atoms with Crippen molar-refractivity contribution in [3.63, 3.8) is 0 Å². The number of carboxylic acids is 1. The van der Waals surface area contributed by atoms with Gasteiger partial charge in [-0.3, -0.25) is 72.5 Å². The largest absolute Gasteiger partial charge is 0.508 e. The second-order valence-electron chi connectivity index (χ2n) is 27.5. The van der Waals surface area contributed by atoms with E-state index >= 15 is 19.2 Å². The molecule has 2 aliphatic heterocycles. The first-order chi connectivity index (χ1) is 51.1. The van der Waals surface area contributed by atoms with Crippen LogP contribution in [0, 0.1) is 17.2 Å². The molecule has 9 rings (SSSR count). The smallest absolute Gasteiger partial charge is 0.303 e. The van der Waals surface area contributed by atoms with Crippen molar-refractivity contribution < 1.29 is 82.4 Å². The number of nitrogens with zero attached hydrogens (tertiary/aromatic N) is 1. The molecule has 37 heteroatoms. The van der Waals surface area contributed by atoms with Gasteiger partial charge < -0.3 is 107 Å². The lowest BCUT2D eigenvalue weighted by atomic mass is 9.79. The molecule has 2 spiro atoms. The number of rotatable bonds is 22. The lowest BCUT2D eigenvalue weighted by Crippen LogP contribution is -2.63. The van der Waals surface area contributed by atoms with E-state index in [1.807, 2.05) is 0 Å².